The van der Waals surface area contributed by atoms with Gasteiger partial charge in [-0.2, -0.15) is 0 Å². The molecular weight excluding hydrogens is 318 g/mol. The Morgan fingerprint density at radius 1 is 0.920 bits per heavy atom. The van der Waals surface area contributed by atoms with Crippen molar-refractivity contribution in [1.29, 1.82) is 0 Å². The molecule has 1 heterocycles. The van der Waals surface area contributed by atoms with Crippen LogP contribution in [0.4, 0.5) is 11.4 Å². The minimum atomic E-state index is -0.613. The van der Waals surface area contributed by atoms with Gasteiger partial charge in [-0.25, -0.2) is 0 Å². The zero-order chi connectivity index (χ0) is 17.6. The number of ether oxygens (including phenoxy) is 1. The molecule has 0 unspecified atom stereocenters. The van der Waals surface area contributed by atoms with E-state index in [1.807, 2.05) is 30.3 Å². The molecule has 25 heavy (non-hydrogen) atoms. The first-order valence-electron chi connectivity index (χ1n) is 8.21. The van der Waals surface area contributed by atoms with Crippen molar-refractivity contribution < 1.29 is 14.3 Å². The molecule has 3 rings (SSSR count). The minimum Gasteiger partial charge on any atom is -0.497 e. The van der Waals surface area contributed by atoms with E-state index in [2.05, 4.69) is 10.2 Å². The molecule has 1 fully saturated rings. The van der Waals surface area contributed by atoms with Crippen molar-refractivity contribution in [2.45, 2.75) is 0 Å². The van der Waals surface area contributed by atoms with E-state index in [4.69, 9.17) is 4.74 Å². The third-order valence-electron chi connectivity index (χ3n) is 4.23. The van der Waals surface area contributed by atoms with Gasteiger partial charge in [-0.1, -0.05) is 18.2 Å². The third kappa shape index (κ3) is 4.09. The van der Waals surface area contributed by atoms with Gasteiger partial charge in [0.1, 0.15) is 5.75 Å². The number of benzene rings is 2. The van der Waals surface area contributed by atoms with E-state index in [1.54, 1.807) is 36.3 Å². The molecule has 0 saturated carbocycles. The van der Waals surface area contributed by atoms with Gasteiger partial charge in [-0.05, 0) is 36.4 Å². The molecule has 0 radical (unpaired) electrons. The number of nitrogens with zero attached hydrogens (tertiary/aromatic N) is 2. The Hall–Kier alpha value is -3.02. The van der Waals surface area contributed by atoms with Crippen LogP contribution in [-0.2, 0) is 9.59 Å². The van der Waals surface area contributed by atoms with Crippen molar-refractivity contribution in [3.8, 4) is 5.75 Å². The molecular formula is C19H21N3O3. The first-order chi connectivity index (χ1) is 12.2. The van der Waals surface area contributed by atoms with Gasteiger partial charge in [0.2, 0.25) is 0 Å². The van der Waals surface area contributed by atoms with Gasteiger partial charge in [-0.3, -0.25) is 9.59 Å². The molecule has 1 saturated heterocycles. The number of carbonyl (C=O) groups is 2. The second-order valence-electron chi connectivity index (χ2n) is 5.80. The predicted octanol–water partition coefficient (Wildman–Crippen LogP) is 1.98. The van der Waals surface area contributed by atoms with E-state index in [1.165, 1.54) is 0 Å². The molecule has 2 aromatic rings. The fourth-order valence-electron chi connectivity index (χ4n) is 2.81. The van der Waals surface area contributed by atoms with Crippen LogP contribution in [0.5, 0.6) is 5.75 Å². The smallest absolute Gasteiger partial charge is 0.313 e. The SMILES string of the molecule is COc1ccc(NC(=O)C(=O)N2CCN(c3ccccc3)CC2)cc1. The van der Waals surface area contributed by atoms with Crippen molar-refractivity contribution in [3.05, 3.63) is 54.6 Å². The monoisotopic (exact) mass is 339 g/mol. The fourth-order valence-corrected chi connectivity index (χ4v) is 2.81. The standard InChI is InChI=1S/C19H21N3O3/c1-25-17-9-7-15(8-10-17)20-18(23)19(24)22-13-11-21(12-14-22)16-5-3-2-4-6-16/h2-10H,11-14H2,1H3,(H,20,23). The van der Waals surface area contributed by atoms with E-state index in [0.29, 0.717) is 37.6 Å². The predicted molar refractivity (Wildman–Crippen MR) is 96.9 cm³/mol. The highest BCUT2D eigenvalue weighted by molar-refractivity contribution is 6.39. The van der Waals surface area contributed by atoms with E-state index in [-0.39, 0.29) is 0 Å². The van der Waals surface area contributed by atoms with E-state index >= 15 is 0 Å². The van der Waals surface area contributed by atoms with Gasteiger partial charge >= 0.3 is 11.8 Å². The second kappa shape index (κ2) is 7.70. The van der Waals surface area contributed by atoms with Crippen LogP contribution in [0.15, 0.2) is 54.6 Å². The lowest BCUT2D eigenvalue weighted by molar-refractivity contribution is -0.143. The molecule has 130 valence electrons. The largest absolute Gasteiger partial charge is 0.497 e. The van der Waals surface area contributed by atoms with Crippen LogP contribution >= 0.6 is 0 Å². The number of hydrogen-bond donors (Lipinski definition) is 1. The highest BCUT2D eigenvalue weighted by Gasteiger charge is 2.26. The number of para-hydroxylation sites is 1. The summed E-state index contributed by atoms with van der Waals surface area (Å²) >= 11 is 0. The molecule has 2 aromatic carbocycles. The highest BCUT2D eigenvalue weighted by Crippen LogP contribution is 2.17. The minimum absolute atomic E-state index is 0.497. The number of hydrogen-bond acceptors (Lipinski definition) is 4. The Morgan fingerprint density at radius 3 is 2.16 bits per heavy atom. The summed E-state index contributed by atoms with van der Waals surface area (Å²) < 4.78 is 5.07. The maximum Gasteiger partial charge on any atom is 0.313 e. The molecule has 1 N–H and O–H groups in total. The van der Waals surface area contributed by atoms with Crippen LogP contribution in [0.3, 0.4) is 0 Å². The average Bonchev–Trinajstić information content (AvgIpc) is 2.69. The summed E-state index contributed by atoms with van der Waals surface area (Å²) in [7, 11) is 1.58. The molecule has 0 aliphatic carbocycles. The summed E-state index contributed by atoms with van der Waals surface area (Å²) in [5.41, 5.74) is 1.71. The van der Waals surface area contributed by atoms with Crippen molar-refractivity contribution in [2.24, 2.45) is 0 Å². The molecule has 6 nitrogen and oxygen atoms in total. The maximum absolute atomic E-state index is 12.3. The third-order valence-corrected chi connectivity index (χ3v) is 4.23. The lowest BCUT2D eigenvalue weighted by Crippen LogP contribution is -2.51. The summed E-state index contributed by atoms with van der Waals surface area (Å²) in [6.07, 6.45) is 0. The zero-order valence-corrected chi connectivity index (χ0v) is 14.1. The summed E-state index contributed by atoms with van der Waals surface area (Å²) in [5.74, 6) is -0.414. The fraction of sp³-hybridized carbons (Fsp3) is 0.263. The number of rotatable bonds is 3. The summed E-state index contributed by atoms with van der Waals surface area (Å²) in [5, 5.41) is 2.63. The topological polar surface area (TPSA) is 61.9 Å². The average molecular weight is 339 g/mol. The highest BCUT2D eigenvalue weighted by atomic mass is 16.5. The molecule has 0 aromatic heterocycles. The van der Waals surface area contributed by atoms with Crippen LogP contribution in [0.2, 0.25) is 0 Å². The summed E-state index contributed by atoms with van der Waals surface area (Å²) in [6, 6.07) is 16.9. The van der Waals surface area contributed by atoms with Crippen LogP contribution < -0.4 is 15.0 Å². The van der Waals surface area contributed by atoms with Crippen molar-refractivity contribution in [2.75, 3.05) is 43.5 Å². The molecule has 6 heteroatoms. The van der Waals surface area contributed by atoms with Gasteiger partial charge < -0.3 is 19.9 Å². The number of piperazine rings is 1. The van der Waals surface area contributed by atoms with Gasteiger partial charge in [0.15, 0.2) is 0 Å². The molecule has 1 aliphatic rings. The zero-order valence-electron chi connectivity index (χ0n) is 14.1. The number of anilines is 2. The number of amides is 2. The van der Waals surface area contributed by atoms with Crippen LogP contribution in [-0.4, -0.2) is 50.0 Å². The van der Waals surface area contributed by atoms with Gasteiger partial charge in [0.05, 0.1) is 7.11 Å². The molecule has 0 atom stereocenters. The van der Waals surface area contributed by atoms with Crippen LogP contribution in [0, 0.1) is 0 Å². The molecule has 2 amide bonds. The molecule has 1 aliphatic heterocycles. The Kier molecular flexibility index (Phi) is 5.18. The van der Waals surface area contributed by atoms with Gasteiger partial charge in [0, 0.05) is 37.6 Å². The lowest BCUT2D eigenvalue weighted by Gasteiger charge is -2.35. The van der Waals surface area contributed by atoms with E-state index in [0.717, 1.165) is 5.69 Å². The van der Waals surface area contributed by atoms with Crippen molar-refractivity contribution in [3.63, 3.8) is 0 Å². The Balaban J connectivity index is 1.53. The van der Waals surface area contributed by atoms with Gasteiger partial charge in [-0.15, -0.1) is 0 Å². The number of carbonyl (C=O) groups excluding carboxylic acids is 2. The maximum atomic E-state index is 12.3. The van der Waals surface area contributed by atoms with Gasteiger partial charge in [0.25, 0.3) is 0 Å². The van der Waals surface area contributed by atoms with Crippen molar-refractivity contribution >= 4 is 23.2 Å². The van der Waals surface area contributed by atoms with Crippen molar-refractivity contribution in [1.82, 2.24) is 4.90 Å². The normalized spacial score (nSPS) is 14.1. The Bertz CT molecular complexity index is 723. The quantitative estimate of drug-likeness (QED) is 0.869. The molecule has 0 spiro atoms. The summed E-state index contributed by atoms with van der Waals surface area (Å²) in [6.45, 7) is 2.49. The van der Waals surface area contributed by atoms with E-state index < -0.39 is 11.8 Å². The first kappa shape index (κ1) is 16.8. The summed E-state index contributed by atoms with van der Waals surface area (Å²) in [4.78, 5) is 28.3. The lowest BCUT2D eigenvalue weighted by atomic mass is 10.2. The van der Waals surface area contributed by atoms with Crippen LogP contribution in [0.25, 0.3) is 0 Å². The second-order valence-corrected chi connectivity index (χ2v) is 5.80. The number of nitrogens with one attached hydrogen (secondary N) is 1. The van der Waals surface area contributed by atoms with Crippen LogP contribution in [0.1, 0.15) is 0 Å². The first-order valence-corrected chi connectivity index (χ1v) is 8.21. The molecule has 0 bridgehead atoms. The Morgan fingerprint density at radius 2 is 1.56 bits per heavy atom. The number of methoxy groups -OCH3 is 1. The Labute approximate surface area is 147 Å². The van der Waals surface area contributed by atoms with E-state index in [9.17, 15) is 9.59 Å².